The maximum absolute atomic E-state index is 12.5. The lowest BCUT2D eigenvalue weighted by molar-refractivity contribution is 0.206. The van der Waals surface area contributed by atoms with E-state index >= 15 is 0 Å². The summed E-state index contributed by atoms with van der Waals surface area (Å²) in [5.41, 5.74) is 3.96. The van der Waals surface area contributed by atoms with Gasteiger partial charge in [0, 0.05) is 25.4 Å². The fraction of sp³-hybridized carbons (Fsp3) is 0.350. The van der Waals surface area contributed by atoms with Crippen molar-refractivity contribution in [3.8, 4) is 11.3 Å². The fourth-order valence-electron chi connectivity index (χ4n) is 2.97. The van der Waals surface area contributed by atoms with Gasteiger partial charge in [0.2, 0.25) is 0 Å². The number of H-pyrrole nitrogens is 1. The molecule has 142 valence electrons. The van der Waals surface area contributed by atoms with Gasteiger partial charge in [0.1, 0.15) is 0 Å². The number of aromatic nitrogens is 4. The van der Waals surface area contributed by atoms with Gasteiger partial charge in [-0.3, -0.25) is 5.10 Å². The molecule has 1 aromatic carbocycles. The maximum Gasteiger partial charge on any atom is 0.317 e. The van der Waals surface area contributed by atoms with Crippen molar-refractivity contribution >= 4 is 6.03 Å². The van der Waals surface area contributed by atoms with Crippen LogP contribution >= 0.6 is 0 Å². The molecule has 0 unspecified atom stereocenters. The third kappa shape index (κ3) is 4.75. The van der Waals surface area contributed by atoms with Crippen molar-refractivity contribution in [1.29, 1.82) is 0 Å². The molecule has 7 heteroatoms. The second-order valence-corrected chi connectivity index (χ2v) is 7.08. The number of aromatic amines is 1. The Morgan fingerprint density at radius 2 is 2.04 bits per heavy atom. The number of rotatable bonds is 7. The minimum Gasteiger partial charge on any atom is -0.333 e. The van der Waals surface area contributed by atoms with Gasteiger partial charge in [-0.25, -0.2) is 9.78 Å². The molecule has 0 aliphatic heterocycles. The summed E-state index contributed by atoms with van der Waals surface area (Å²) in [7, 11) is 1.78. The molecular formula is C20H26N6O. The van der Waals surface area contributed by atoms with Gasteiger partial charge in [-0.1, -0.05) is 44.2 Å². The molecule has 0 atom stereocenters. The first-order valence-corrected chi connectivity index (χ1v) is 9.10. The van der Waals surface area contributed by atoms with Crippen LogP contribution in [-0.4, -0.2) is 37.7 Å². The van der Waals surface area contributed by atoms with E-state index in [1.807, 2.05) is 36.7 Å². The topological polar surface area (TPSA) is 78.8 Å². The summed E-state index contributed by atoms with van der Waals surface area (Å²) in [4.78, 5) is 18.3. The van der Waals surface area contributed by atoms with Crippen LogP contribution in [0.1, 0.15) is 25.1 Å². The molecule has 2 aromatic heterocycles. The van der Waals surface area contributed by atoms with Gasteiger partial charge in [0.15, 0.2) is 0 Å². The van der Waals surface area contributed by atoms with Gasteiger partial charge in [-0.2, -0.15) is 5.10 Å². The number of nitrogens with zero attached hydrogens (tertiary/aromatic N) is 4. The Bertz CT molecular complexity index is 867. The summed E-state index contributed by atoms with van der Waals surface area (Å²) >= 11 is 0. The summed E-state index contributed by atoms with van der Waals surface area (Å²) in [6.45, 7) is 6.12. The molecule has 27 heavy (non-hydrogen) atoms. The summed E-state index contributed by atoms with van der Waals surface area (Å²) in [5, 5.41) is 10.1. The van der Waals surface area contributed by atoms with Crippen LogP contribution < -0.4 is 5.32 Å². The second-order valence-electron chi connectivity index (χ2n) is 7.08. The van der Waals surface area contributed by atoms with E-state index in [1.165, 1.54) is 0 Å². The van der Waals surface area contributed by atoms with Crippen molar-refractivity contribution < 1.29 is 4.79 Å². The molecule has 7 nitrogen and oxygen atoms in total. The highest BCUT2D eigenvalue weighted by Crippen LogP contribution is 2.21. The summed E-state index contributed by atoms with van der Waals surface area (Å²) < 4.78 is 2.08. The largest absolute Gasteiger partial charge is 0.333 e. The van der Waals surface area contributed by atoms with Gasteiger partial charge in [0.25, 0.3) is 0 Å². The van der Waals surface area contributed by atoms with Crippen LogP contribution in [0.4, 0.5) is 4.79 Å². The van der Waals surface area contributed by atoms with Crippen LogP contribution in [0.15, 0.2) is 49.1 Å². The number of imidazole rings is 1. The van der Waals surface area contributed by atoms with Gasteiger partial charge in [0.05, 0.1) is 37.0 Å². The Labute approximate surface area is 159 Å². The lowest BCUT2D eigenvalue weighted by atomic mass is 10.1. The molecule has 3 rings (SSSR count). The van der Waals surface area contributed by atoms with Crippen molar-refractivity contribution in [2.75, 3.05) is 7.05 Å². The van der Waals surface area contributed by atoms with Crippen LogP contribution in [0.2, 0.25) is 0 Å². The highest BCUT2D eigenvalue weighted by atomic mass is 16.2. The van der Waals surface area contributed by atoms with E-state index in [1.54, 1.807) is 24.3 Å². The lowest BCUT2D eigenvalue weighted by Crippen LogP contribution is -2.36. The third-order valence-corrected chi connectivity index (χ3v) is 4.32. The smallest absolute Gasteiger partial charge is 0.317 e. The molecule has 0 bridgehead atoms. The first kappa shape index (κ1) is 18.7. The van der Waals surface area contributed by atoms with E-state index in [0.29, 0.717) is 19.0 Å². The van der Waals surface area contributed by atoms with Crippen molar-refractivity contribution in [1.82, 2.24) is 30.0 Å². The first-order valence-electron chi connectivity index (χ1n) is 9.10. The number of hydrogen-bond donors (Lipinski definition) is 2. The molecular weight excluding hydrogens is 340 g/mol. The molecule has 3 aromatic rings. The van der Waals surface area contributed by atoms with Crippen molar-refractivity contribution in [3.63, 3.8) is 0 Å². The monoisotopic (exact) mass is 366 g/mol. The number of carbonyl (C=O) groups is 1. The average Bonchev–Trinajstić information content (AvgIpc) is 3.29. The molecule has 0 fully saturated rings. The van der Waals surface area contributed by atoms with E-state index in [-0.39, 0.29) is 6.03 Å². The summed E-state index contributed by atoms with van der Waals surface area (Å²) in [6.07, 6.45) is 5.37. The fourth-order valence-corrected chi connectivity index (χ4v) is 2.97. The Morgan fingerprint density at radius 1 is 1.26 bits per heavy atom. The molecule has 0 saturated heterocycles. The van der Waals surface area contributed by atoms with E-state index in [4.69, 9.17) is 0 Å². The molecule has 0 saturated carbocycles. The predicted molar refractivity (Wildman–Crippen MR) is 105 cm³/mol. The Morgan fingerprint density at radius 3 is 2.78 bits per heavy atom. The average molecular weight is 366 g/mol. The molecule has 2 amide bonds. The van der Waals surface area contributed by atoms with E-state index < -0.39 is 0 Å². The van der Waals surface area contributed by atoms with E-state index in [9.17, 15) is 4.79 Å². The van der Waals surface area contributed by atoms with Gasteiger partial charge < -0.3 is 14.8 Å². The zero-order valence-electron chi connectivity index (χ0n) is 16.0. The minimum absolute atomic E-state index is 0.132. The third-order valence-electron chi connectivity index (χ3n) is 4.32. The Balaban J connectivity index is 1.59. The zero-order chi connectivity index (χ0) is 19.2. The highest BCUT2D eigenvalue weighted by molar-refractivity contribution is 5.74. The van der Waals surface area contributed by atoms with Gasteiger partial charge in [-0.05, 0) is 11.5 Å². The molecule has 0 aliphatic carbocycles. The minimum atomic E-state index is -0.132. The van der Waals surface area contributed by atoms with E-state index in [2.05, 4.69) is 38.9 Å². The number of hydrogen-bond acceptors (Lipinski definition) is 3. The van der Waals surface area contributed by atoms with Gasteiger partial charge in [-0.15, -0.1) is 0 Å². The standard InChI is InChI=1S/C20H26N6O/c1-15(2)12-26-14-21-10-18(26)11-22-20(27)25(3)13-17-9-23-24-19(17)16-7-5-4-6-8-16/h4-10,14-15H,11-13H2,1-3H3,(H,22,27)(H,23,24). The van der Waals surface area contributed by atoms with Crippen LogP contribution in [0.25, 0.3) is 11.3 Å². The lowest BCUT2D eigenvalue weighted by Gasteiger charge is -2.18. The first-order chi connectivity index (χ1) is 13.0. The summed E-state index contributed by atoms with van der Waals surface area (Å²) in [5.74, 6) is 0.522. The molecule has 0 spiro atoms. The number of nitrogens with one attached hydrogen (secondary N) is 2. The molecule has 0 radical (unpaired) electrons. The molecule has 0 aliphatic rings. The number of amides is 2. The second kappa shape index (κ2) is 8.53. The van der Waals surface area contributed by atoms with Crippen LogP contribution in [-0.2, 0) is 19.6 Å². The molecule has 2 heterocycles. The SMILES string of the molecule is CC(C)Cn1cncc1CNC(=O)N(C)Cc1cn[nH]c1-c1ccccc1. The van der Waals surface area contributed by atoms with Crippen LogP contribution in [0, 0.1) is 5.92 Å². The normalized spacial score (nSPS) is 11.0. The Kier molecular flexibility index (Phi) is 5.90. The Hall–Kier alpha value is -3.09. The predicted octanol–water partition coefficient (Wildman–Crippen LogP) is 3.27. The summed E-state index contributed by atoms with van der Waals surface area (Å²) in [6, 6.07) is 9.85. The van der Waals surface area contributed by atoms with E-state index in [0.717, 1.165) is 29.1 Å². The quantitative estimate of drug-likeness (QED) is 0.673. The van der Waals surface area contributed by atoms with Crippen LogP contribution in [0.3, 0.4) is 0 Å². The number of urea groups is 1. The number of benzene rings is 1. The number of carbonyl (C=O) groups excluding carboxylic acids is 1. The van der Waals surface area contributed by atoms with Crippen LogP contribution in [0.5, 0.6) is 0 Å². The van der Waals surface area contributed by atoms with Crippen molar-refractivity contribution in [3.05, 3.63) is 60.3 Å². The zero-order valence-corrected chi connectivity index (χ0v) is 16.0. The van der Waals surface area contributed by atoms with Crippen molar-refractivity contribution in [2.45, 2.75) is 33.5 Å². The maximum atomic E-state index is 12.5. The highest BCUT2D eigenvalue weighted by Gasteiger charge is 2.14. The molecule has 2 N–H and O–H groups in total. The van der Waals surface area contributed by atoms with Crippen molar-refractivity contribution in [2.24, 2.45) is 5.92 Å². The van der Waals surface area contributed by atoms with Gasteiger partial charge >= 0.3 is 6.03 Å².